The van der Waals surface area contributed by atoms with Crippen molar-refractivity contribution in [2.45, 2.75) is 6.04 Å². The van der Waals surface area contributed by atoms with Crippen LogP contribution in [0.5, 0.6) is 5.88 Å². The Kier molecular flexibility index (Phi) is 3.79. The molecule has 0 bridgehead atoms. The van der Waals surface area contributed by atoms with Crippen LogP contribution in [0.3, 0.4) is 0 Å². The highest BCUT2D eigenvalue weighted by Crippen LogP contribution is 2.24. The van der Waals surface area contributed by atoms with Gasteiger partial charge >= 0.3 is 0 Å². The summed E-state index contributed by atoms with van der Waals surface area (Å²) in [6.45, 7) is 0. The number of benzene rings is 2. The standard InChI is InChI=1S/C17H17N3O/c1-18-17(15-9-10-16(21-2)20-19-15)14-8-7-12-5-3-4-6-13(12)11-14/h3-11,17-18H,1-2H3. The summed E-state index contributed by atoms with van der Waals surface area (Å²) in [6.07, 6.45) is 0. The van der Waals surface area contributed by atoms with Gasteiger partial charge in [-0.25, -0.2) is 0 Å². The zero-order chi connectivity index (χ0) is 14.7. The van der Waals surface area contributed by atoms with Gasteiger partial charge < -0.3 is 10.1 Å². The maximum Gasteiger partial charge on any atom is 0.233 e. The lowest BCUT2D eigenvalue weighted by atomic mass is 10.00. The van der Waals surface area contributed by atoms with Crippen LogP contribution in [-0.4, -0.2) is 24.4 Å². The van der Waals surface area contributed by atoms with Gasteiger partial charge in [0.2, 0.25) is 5.88 Å². The number of hydrogen-bond donors (Lipinski definition) is 1. The SMILES string of the molecule is CNC(c1ccc2ccccc2c1)c1ccc(OC)nn1. The van der Waals surface area contributed by atoms with Gasteiger partial charge in [-0.05, 0) is 35.5 Å². The molecule has 1 aromatic heterocycles. The lowest BCUT2D eigenvalue weighted by Crippen LogP contribution is -2.19. The molecule has 0 aliphatic rings. The van der Waals surface area contributed by atoms with Gasteiger partial charge in [0.05, 0.1) is 18.8 Å². The Morgan fingerprint density at radius 2 is 1.76 bits per heavy atom. The van der Waals surface area contributed by atoms with Crippen molar-refractivity contribution in [1.82, 2.24) is 15.5 Å². The lowest BCUT2D eigenvalue weighted by Gasteiger charge is -2.16. The van der Waals surface area contributed by atoms with Crippen LogP contribution in [0.1, 0.15) is 17.3 Å². The Morgan fingerprint density at radius 1 is 0.952 bits per heavy atom. The van der Waals surface area contributed by atoms with E-state index in [1.165, 1.54) is 10.8 Å². The Labute approximate surface area is 123 Å². The Balaban J connectivity index is 2.00. The quantitative estimate of drug-likeness (QED) is 0.797. The number of hydrogen-bond acceptors (Lipinski definition) is 4. The summed E-state index contributed by atoms with van der Waals surface area (Å²) in [6, 6.07) is 18.5. The summed E-state index contributed by atoms with van der Waals surface area (Å²) in [7, 11) is 3.51. The van der Waals surface area contributed by atoms with Gasteiger partial charge in [0.15, 0.2) is 0 Å². The molecule has 1 heterocycles. The van der Waals surface area contributed by atoms with Crippen molar-refractivity contribution < 1.29 is 4.74 Å². The summed E-state index contributed by atoms with van der Waals surface area (Å²) in [5, 5.41) is 14.0. The monoisotopic (exact) mass is 279 g/mol. The van der Waals surface area contributed by atoms with Crippen molar-refractivity contribution in [3.05, 3.63) is 65.9 Å². The van der Waals surface area contributed by atoms with E-state index in [0.29, 0.717) is 5.88 Å². The molecule has 4 nitrogen and oxygen atoms in total. The van der Waals surface area contributed by atoms with Crippen LogP contribution in [0.15, 0.2) is 54.6 Å². The minimum absolute atomic E-state index is 0.00742. The number of nitrogens with one attached hydrogen (secondary N) is 1. The molecular weight excluding hydrogens is 262 g/mol. The molecule has 0 amide bonds. The van der Waals surface area contributed by atoms with E-state index in [-0.39, 0.29) is 6.04 Å². The Bertz CT molecular complexity index is 740. The Morgan fingerprint density at radius 3 is 2.43 bits per heavy atom. The largest absolute Gasteiger partial charge is 0.480 e. The number of rotatable bonds is 4. The van der Waals surface area contributed by atoms with Crippen molar-refractivity contribution in [3.8, 4) is 5.88 Å². The molecule has 0 spiro atoms. The van der Waals surface area contributed by atoms with Crippen LogP contribution in [0.4, 0.5) is 0 Å². The second kappa shape index (κ2) is 5.89. The summed E-state index contributed by atoms with van der Waals surface area (Å²) in [4.78, 5) is 0. The van der Waals surface area contributed by atoms with E-state index in [4.69, 9.17) is 4.74 Å². The van der Waals surface area contributed by atoms with E-state index in [0.717, 1.165) is 11.3 Å². The molecule has 2 aromatic carbocycles. The molecular formula is C17H17N3O. The van der Waals surface area contributed by atoms with Crippen molar-refractivity contribution >= 4 is 10.8 Å². The lowest BCUT2D eigenvalue weighted by molar-refractivity contribution is 0.390. The summed E-state index contributed by atoms with van der Waals surface area (Å²) in [5.74, 6) is 0.520. The normalized spacial score (nSPS) is 12.3. The smallest absolute Gasteiger partial charge is 0.233 e. The minimum atomic E-state index is 0.00742. The average molecular weight is 279 g/mol. The van der Waals surface area contributed by atoms with E-state index in [2.05, 4.69) is 45.8 Å². The minimum Gasteiger partial charge on any atom is -0.480 e. The molecule has 0 radical (unpaired) electrons. The molecule has 0 saturated carbocycles. The molecule has 1 N–H and O–H groups in total. The fraction of sp³-hybridized carbons (Fsp3) is 0.176. The van der Waals surface area contributed by atoms with Crippen molar-refractivity contribution in [3.63, 3.8) is 0 Å². The summed E-state index contributed by atoms with van der Waals surface area (Å²) in [5.41, 5.74) is 2.03. The molecule has 0 aliphatic heterocycles. The topological polar surface area (TPSA) is 47.0 Å². The molecule has 0 aliphatic carbocycles. The van der Waals surface area contributed by atoms with E-state index in [1.54, 1.807) is 7.11 Å². The van der Waals surface area contributed by atoms with Gasteiger partial charge in [-0.1, -0.05) is 36.4 Å². The molecule has 0 fully saturated rings. The van der Waals surface area contributed by atoms with Crippen LogP contribution in [0.25, 0.3) is 10.8 Å². The summed E-state index contributed by atoms with van der Waals surface area (Å²) < 4.78 is 5.05. The van der Waals surface area contributed by atoms with Crippen LogP contribution in [0, 0.1) is 0 Å². The molecule has 3 aromatic rings. The number of ether oxygens (including phenoxy) is 1. The fourth-order valence-corrected chi connectivity index (χ4v) is 2.47. The first-order valence-electron chi connectivity index (χ1n) is 6.85. The van der Waals surface area contributed by atoms with Gasteiger partial charge in [0, 0.05) is 6.07 Å². The fourth-order valence-electron chi connectivity index (χ4n) is 2.47. The molecule has 106 valence electrons. The van der Waals surface area contributed by atoms with E-state index < -0.39 is 0 Å². The third-order valence-electron chi connectivity index (χ3n) is 3.56. The van der Waals surface area contributed by atoms with Crippen LogP contribution < -0.4 is 10.1 Å². The van der Waals surface area contributed by atoms with Crippen molar-refractivity contribution in [2.24, 2.45) is 0 Å². The third-order valence-corrected chi connectivity index (χ3v) is 3.56. The predicted molar refractivity (Wildman–Crippen MR) is 83.4 cm³/mol. The highest BCUT2D eigenvalue weighted by Gasteiger charge is 2.14. The predicted octanol–water partition coefficient (Wildman–Crippen LogP) is 2.95. The Hall–Kier alpha value is -2.46. The maximum absolute atomic E-state index is 5.05. The van der Waals surface area contributed by atoms with Gasteiger partial charge in [-0.15, -0.1) is 10.2 Å². The molecule has 4 heteroatoms. The number of fused-ring (bicyclic) bond motifs is 1. The average Bonchev–Trinajstić information content (AvgIpc) is 2.56. The van der Waals surface area contributed by atoms with Crippen LogP contribution in [-0.2, 0) is 0 Å². The first-order chi connectivity index (χ1) is 10.3. The highest BCUT2D eigenvalue weighted by molar-refractivity contribution is 5.83. The maximum atomic E-state index is 5.05. The van der Waals surface area contributed by atoms with E-state index >= 15 is 0 Å². The second-order valence-electron chi connectivity index (χ2n) is 4.83. The zero-order valence-electron chi connectivity index (χ0n) is 12.1. The number of aromatic nitrogens is 2. The van der Waals surface area contributed by atoms with Crippen molar-refractivity contribution in [2.75, 3.05) is 14.2 Å². The van der Waals surface area contributed by atoms with E-state index in [9.17, 15) is 0 Å². The first-order valence-corrected chi connectivity index (χ1v) is 6.85. The molecule has 21 heavy (non-hydrogen) atoms. The second-order valence-corrected chi connectivity index (χ2v) is 4.83. The van der Waals surface area contributed by atoms with Gasteiger partial charge in [-0.3, -0.25) is 0 Å². The highest BCUT2D eigenvalue weighted by atomic mass is 16.5. The van der Waals surface area contributed by atoms with E-state index in [1.807, 2.05) is 31.3 Å². The number of nitrogens with zero attached hydrogens (tertiary/aromatic N) is 2. The van der Waals surface area contributed by atoms with Crippen molar-refractivity contribution in [1.29, 1.82) is 0 Å². The van der Waals surface area contributed by atoms with Gasteiger partial charge in [0.25, 0.3) is 0 Å². The number of methoxy groups -OCH3 is 1. The molecule has 1 unspecified atom stereocenters. The first kappa shape index (κ1) is 13.5. The molecule has 0 saturated heterocycles. The van der Waals surface area contributed by atoms with Gasteiger partial charge in [-0.2, -0.15) is 0 Å². The van der Waals surface area contributed by atoms with Crippen LogP contribution >= 0.6 is 0 Å². The zero-order valence-corrected chi connectivity index (χ0v) is 12.1. The molecule has 3 rings (SSSR count). The third kappa shape index (κ3) is 2.71. The molecule has 1 atom stereocenters. The van der Waals surface area contributed by atoms with Gasteiger partial charge in [0.1, 0.15) is 0 Å². The van der Waals surface area contributed by atoms with Crippen LogP contribution in [0.2, 0.25) is 0 Å². The summed E-state index contributed by atoms with van der Waals surface area (Å²) >= 11 is 0.